The topological polar surface area (TPSA) is 52.3 Å². The van der Waals surface area contributed by atoms with Crippen molar-refractivity contribution in [2.75, 3.05) is 0 Å². The Balaban J connectivity index is 1.89. The summed E-state index contributed by atoms with van der Waals surface area (Å²) in [4.78, 5) is 10.0. The molecule has 0 atom stereocenters. The zero-order chi connectivity index (χ0) is 16.3. The third kappa shape index (κ3) is 4.40. The average Bonchev–Trinajstić information content (AvgIpc) is 2.97. The van der Waals surface area contributed by atoms with Gasteiger partial charge in [0.2, 0.25) is 0 Å². The summed E-state index contributed by atoms with van der Waals surface area (Å²) in [5, 5.41) is 11.7. The Morgan fingerprint density at radius 3 is 2.64 bits per heavy atom. The molecular weight excluding hydrogens is 296 g/mol. The Hall–Kier alpha value is -1.69. The molecule has 0 bridgehead atoms. The minimum absolute atomic E-state index is 0.0809. The molecule has 0 aliphatic heterocycles. The predicted octanol–water partition coefficient (Wildman–Crippen LogP) is 3.85. The summed E-state index contributed by atoms with van der Waals surface area (Å²) >= 11 is 1.67. The Morgan fingerprint density at radius 2 is 2.09 bits per heavy atom. The molecule has 0 N–H and O–H groups in total. The van der Waals surface area contributed by atoms with E-state index in [1.807, 2.05) is 30.8 Å². The van der Waals surface area contributed by atoms with Crippen LogP contribution in [0.1, 0.15) is 49.8 Å². The lowest BCUT2D eigenvalue weighted by molar-refractivity contribution is 0.127. The normalized spacial score (nSPS) is 12.7. The van der Waals surface area contributed by atoms with Crippen LogP contribution < -0.4 is 0 Å². The molecule has 0 aliphatic carbocycles. The zero-order valence-corrected chi connectivity index (χ0v) is 15.0. The monoisotopic (exact) mass is 320 g/mol. The fourth-order valence-corrected chi connectivity index (χ4v) is 2.90. The van der Waals surface area contributed by atoms with Crippen LogP contribution in [0.3, 0.4) is 0 Å². The van der Waals surface area contributed by atoms with Crippen molar-refractivity contribution in [1.82, 2.24) is 14.8 Å². The molecule has 0 radical (unpaired) electrons. The second-order valence-electron chi connectivity index (χ2n) is 6.58. The first kappa shape index (κ1) is 16.7. The van der Waals surface area contributed by atoms with E-state index in [1.165, 1.54) is 0 Å². The first-order valence-electron chi connectivity index (χ1n) is 7.37. The Kier molecular flexibility index (Phi) is 5.01. The van der Waals surface area contributed by atoms with Crippen molar-refractivity contribution in [2.45, 2.75) is 60.1 Å². The number of nitrogens with zero attached hydrogens (tertiary/aromatic N) is 4. The summed E-state index contributed by atoms with van der Waals surface area (Å²) in [7, 11) is 0. The minimum atomic E-state index is 0.0809. The summed E-state index contributed by atoms with van der Waals surface area (Å²) in [6.07, 6.45) is 0. The van der Waals surface area contributed by atoms with Crippen LogP contribution in [0.25, 0.3) is 0 Å². The van der Waals surface area contributed by atoms with E-state index in [-0.39, 0.29) is 5.41 Å². The maximum Gasteiger partial charge on any atom is 0.159 e. The fraction of sp³-hybridized carbons (Fsp3) is 0.562. The molecule has 0 amide bonds. The van der Waals surface area contributed by atoms with Crippen LogP contribution in [-0.4, -0.2) is 20.5 Å². The van der Waals surface area contributed by atoms with Crippen LogP contribution in [0.2, 0.25) is 0 Å². The zero-order valence-electron chi connectivity index (χ0n) is 14.2. The van der Waals surface area contributed by atoms with Gasteiger partial charge in [-0.05, 0) is 26.8 Å². The highest BCUT2D eigenvalue weighted by Gasteiger charge is 2.17. The number of rotatable bonds is 5. The lowest BCUT2D eigenvalue weighted by Gasteiger charge is -2.13. The molecule has 22 heavy (non-hydrogen) atoms. The van der Waals surface area contributed by atoms with Gasteiger partial charge in [0.05, 0.1) is 28.7 Å². The van der Waals surface area contributed by atoms with Gasteiger partial charge in [0.15, 0.2) is 6.61 Å². The molecule has 2 heterocycles. The standard InChI is InChI=1S/C16H24N4OS/c1-11-7-13(3)20(18-11)8-12(2)19-21-9-14-10-22-15(17-14)16(4,5)6/h7,10H,8-9H2,1-6H3/b19-12+. The number of hydrogen-bond acceptors (Lipinski definition) is 5. The first-order valence-corrected chi connectivity index (χ1v) is 8.25. The van der Waals surface area contributed by atoms with E-state index >= 15 is 0 Å². The molecule has 0 saturated carbocycles. The molecule has 0 unspecified atom stereocenters. The van der Waals surface area contributed by atoms with Crippen molar-refractivity contribution in [1.29, 1.82) is 0 Å². The summed E-state index contributed by atoms with van der Waals surface area (Å²) < 4.78 is 1.93. The van der Waals surface area contributed by atoms with Crippen molar-refractivity contribution >= 4 is 17.0 Å². The molecule has 0 spiro atoms. The molecule has 0 saturated heterocycles. The third-order valence-electron chi connectivity index (χ3n) is 3.11. The molecule has 0 aromatic carbocycles. The first-order chi connectivity index (χ1) is 10.3. The smallest absolute Gasteiger partial charge is 0.159 e. The van der Waals surface area contributed by atoms with Crippen molar-refractivity contribution in [2.24, 2.45) is 5.16 Å². The lowest BCUT2D eigenvalue weighted by Crippen LogP contribution is -2.11. The van der Waals surface area contributed by atoms with Gasteiger partial charge in [-0.2, -0.15) is 5.10 Å². The van der Waals surface area contributed by atoms with E-state index in [0.29, 0.717) is 13.2 Å². The maximum absolute atomic E-state index is 5.42. The maximum atomic E-state index is 5.42. The number of hydrogen-bond donors (Lipinski definition) is 0. The summed E-state index contributed by atoms with van der Waals surface area (Å²) in [6, 6.07) is 2.05. The largest absolute Gasteiger partial charge is 0.389 e. The van der Waals surface area contributed by atoms with Crippen LogP contribution in [0.4, 0.5) is 0 Å². The van der Waals surface area contributed by atoms with Gasteiger partial charge in [-0.25, -0.2) is 4.98 Å². The molecule has 0 aliphatic rings. The number of aromatic nitrogens is 3. The van der Waals surface area contributed by atoms with Gasteiger partial charge < -0.3 is 4.84 Å². The van der Waals surface area contributed by atoms with Crippen molar-refractivity contribution in [3.05, 3.63) is 33.5 Å². The van der Waals surface area contributed by atoms with Gasteiger partial charge >= 0.3 is 0 Å². The summed E-state index contributed by atoms with van der Waals surface area (Å²) in [5.41, 5.74) is 4.04. The number of thiazole rings is 1. The molecule has 5 nitrogen and oxygen atoms in total. The second-order valence-corrected chi connectivity index (χ2v) is 7.44. The van der Waals surface area contributed by atoms with Gasteiger partial charge in [0.1, 0.15) is 0 Å². The van der Waals surface area contributed by atoms with Gasteiger partial charge in [-0.3, -0.25) is 4.68 Å². The van der Waals surface area contributed by atoms with Gasteiger partial charge in [0.25, 0.3) is 0 Å². The van der Waals surface area contributed by atoms with Crippen LogP contribution in [0.5, 0.6) is 0 Å². The highest BCUT2D eigenvalue weighted by Crippen LogP contribution is 2.25. The molecule has 2 rings (SSSR count). The summed E-state index contributed by atoms with van der Waals surface area (Å²) in [6.45, 7) is 13.5. The molecular formula is C16H24N4OS. The average molecular weight is 320 g/mol. The Bertz CT molecular complexity index is 664. The van der Waals surface area contributed by atoms with Crippen molar-refractivity contribution in [3.8, 4) is 0 Å². The van der Waals surface area contributed by atoms with Crippen LogP contribution in [-0.2, 0) is 23.4 Å². The Morgan fingerprint density at radius 1 is 1.36 bits per heavy atom. The molecule has 6 heteroatoms. The predicted molar refractivity (Wildman–Crippen MR) is 90.4 cm³/mol. The van der Waals surface area contributed by atoms with E-state index in [9.17, 15) is 0 Å². The molecule has 2 aromatic rings. The van der Waals surface area contributed by atoms with Gasteiger partial charge in [0, 0.05) is 16.5 Å². The van der Waals surface area contributed by atoms with E-state index < -0.39 is 0 Å². The SMILES string of the molecule is C/C(Cn1nc(C)cc1C)=N\OCc1csc(C(C)(C)C)n1. The highest BCUT2D eigenvalue weighted by molar-refractivity contribution is 7.09. The summed E-state index contributed by atoms with van der Waals surface area (Å²) in [5.74, 6) is 0. The number of oxime groups is 1. The third-order valence-corrected chi connectivity index (χ3v) is 4.42. The lowest BCUT2D eigenvalue weighted by atomic mass is 9.98. The number of aryl methyl sites for hydroxylation is 2. The van der Waals surface area contributed by atoms with Gasteiger partial charge in [-0.15, -0.1) is 11.3 Å². The highest BCUT2D eigenvalue weighted by atomic mass is 32.1. The van der Waals surface area contributed by atoms with Crippen molar-refractivity contribution in [3.63, 3.8) is 0 Å². The molecule has 0 fully saturated rings. The van der Waals surface area contributed by atoms with E-state index in [1.54, 1.807) is 11.3 Å². The Labute approximate surface area is 136 Å². The molecule has 120 valence electrons. The second kappa shape index (κ2) is 6.60. The fourth-order valence-electron chi connectivity index (χ4n) is 2.01. The molecule has 2 aromatic heterocycles. The van der Waals surface area contributed by atoms with Gasteiger partial charge in [-0.1, -0.05) is 25.9 Å². The van der Waals surface area contributed by atoms with E-state index in [2.05, 4.69) is 42.1 Å². The van der Waals surface area contributed by atoms with Crippen LogP contribution in [0, 0.1) is 13.8 Å². The quantitative estimate of drug-likeness (QED) is 0.621. The van der Waals surface area contributed by atoms with E-state index in [0.717, 1.165) is 27.8 Å². The van der Waals surface area contributed by atoms with Crippen molar-refractivity contribution < 1.29 is 4.84 Å². The van der Waals surface area contributed by atoms with Crippen LogP contribution in [0.15, 0.2) is 16.6 Å². The minimum Gasteiger partial charge on any atom is -0.389 e. The van der Waals surface area contributed by atoms with Crippen LogP contribution >= 0.6 is 11.3 Å². The van der Waals surface area contributed by atoms with E-state index in [4.69, 9.17) is 4.84 Å².